The van der Waals surface area contributed by atoms with Crippen LogP contribution in [-0.2, 0) is 9.47 Å². The Morgan fingerprint density at radius 2 is 1.23 bits per heavy atom. The summed E-state index contributed by atoms with van der Waals surface area (Å²) in [7, 11) is 7.29. The summed E-state index contributed by atoms with van der Waals surface area (Å²) in [6, 6.07) is 11.6. The van der Waals surface area contributed by atoms with Gasteiger partial charge in [0, 0.05) is 17.4 Å². The minimum atomic E-state index is -1.36. The van der Waals surface area contributed by atoms with E-state index < -0.39 is 18.8 Å². The van der Waals surface area contributed by atoms with Gasteiger partial charge in [-0.3, -0.25) is 0 Å². The Kier molecular flexibility index (Phi) is 9.45. The van der Waals surface area contributed by atoms with Gasteiger partial charge in [0.05, 0.1) is 67.6 Å². The van der Waals surface area contributed by atoms with E-state index in [-0.39, 0.29) is 52.6 Å². The van der Waals surface area contributed by atoms with Crippen molar-refractivity contribution in [3.05, 3.63) is 59.2 Å². The number of hydrogen-bond acceptors (Lipinski definition) is 12. The molecule has 0 bridgehead atoms. The molecule has 12 nitrogen and oxygen atoms in total. The smallest absolute Gasteiger partial charge is 0.204 e. The molecule has 0 saturated carbocycles. The molecule has 2 heterocycles. The maximum atomic E-state index is 11.1. The van der Waals surface area contributed by atoms with Crippen molar-refractivity contribution >= 4 is 0 Å². The van der Waals surface area contributed by atoms with E-state index in [1.807, 2.05) is 0 Å². The number of rotatable bonds is 12. The molecule has 3 aromatic carbocycles. The SMILES string of the molecule is COc1cc([C@@H]2OC[C@@H]3[C@H]2CO[C@H]3c2cc(OC)c(O[C@@H](CO)[C@@H](O)c3cccc(O)c3OC)c(OC)c2)cc(OC)c1O. The Balaban J connectivity index is 1.41. The van der Waals surface area contributed by atoms with Gasteiger partial charge in [-0.2, -0.15) is 0 Å². The second kappa shape index (κ2) is 13.3. The molecule has 2 fully saturated rings. The summed E-state index contributed by atoms with van der Waals surface area (Å²) in [4.78, 5) is 0. The molecule has 238 valence electrons. The molecule has 0 unspecified atom stereocenters. The summed E-state index contributed by atoms with van der Waals surface area (Å²) in [6.07, 6.45) is -3.17. The lowest BCUT2D eigenvalue weighted by molar-refractivity contribution is -0.00302. The van der Waals surface area contributed by atoms with E-state index in [1.165, 1.54) is 41.6 Å². The second-order valence-corrected chi connectivity index (χ2v) is 10.5. The number of aliphatic hydroxyl groups is 2. The fraction of sp³-hybridized carbons (Fsp3) is 0.438. The van der Waals surface area contributed by atoms with E-state index in [2.05, 4.69) is 0 Å². The van der Waals surface area contributed by atoms with Crippen LogP contribution in [0.4, 0.5) is 0 Å². The minimum Gasteiger partial charge on any atom is -0.504 e. The highest BCUT2D eigenvalue weighted by atomic mass is 16.6. The van der Waals surface area contributed by atoms with Gasteiger partial charge in [0.1, 0.15) is 6.10 Å². The minimum absolute atomic E-state index is 0.00258. The quantitative estimate of drug-likeness (QED) is 0.235. The van der Waals surface area contributed by atoms with Crippen molar-refractivity contribution in [3.8, 4) is 46.0 Å². The molecule has 6 atom stereocenters. The van der Waals surface area contributed by atoms with Crippen molar-refractivity contribution < 1.29 is 58.3 Å². The third kappa shape index (κ3) is 5.61. The number of para-hydroxylation sites is 1. The Morgan fingerprint density at radius 3 is 1.68 bits per heavy atom. The van der Waals surface area contributed by atoms with Crippen LogP contribution in [0.1, 0.15) is 35.0 Å². The summed E-state index contributed by atoms with van der Waals surface area (Å²) in [5.74, 6) is 1.23. The monoisotopic (exact) mass is 614 g/mol. The highest BCUT2D eigenvalue weighted by molar-refractivity contribution is 5.56. The largest absolute Gasteiger partial charge is 0.504 e. The zero-order chi connectivity index (χ0) is 31.5. The van der Waals surface area contributed by atoms with Crippen molar-refractivity contribution in [3.63, 3.8) is 0 Å². The average Bonchev–Trinajstić information content (AvgIpc) is 3.66. The third-order valence-electron chi connectivity index (χ3n) is 8.26. The highest BCUT2D eigenvalue weighted by Crippen LogP contribution is 2.53. The van der Waals surface area contributed by atoms with Gasteiger partial charge in [-0.05, 0) is 41.5 Å². The topological polar surface area (TPSA) is 155 Å². The van der Waals surface area contributed by atoms with Gasteiger partial charge in [-0.15, -0.1) is 0 Å². The first-order valence-electron chi connectivity index (χ1n) is 14.0. The molecule has 0 aromatic heterocycles. The number of methoxy groups -OCH3 is 5. The predicted molar refractivity (Wildman–Crippen MR) is 156 cm³/mol. The molecule has 0 radical (unpaired) electrons. The molecule has 5 rings (SSSR count). The molecular weight excluding hydrogens is 576 g/mol. The first kappa shape index (κ1) is 31.3. The molecule has 12 heteroatoms. The first-order valence-corrected chi connectivity index (χ1v) is 14.0. The molecule has 4 N–H and O–H groups in total. The van der Waals surface area contributed by atoms with Crippen molar-refractivity contribution in [1.29, 1.82) is 0 Å². The maximum absolute atomic E-state index is 11.1. The van der Waals surface area contributed by atoms with Crippen LogP contribution in [0, 0.1) is 11.8 Å². The van der Waals surface area contributed by atoms with Gasteiger partial charge >= 0.3 is 0 Å². The van der Waals surface area contributed by atoms with Crippen molar-refractivity contribution in [2.24, 2.45) is 11.8 Å². The fourth-order valence-electron chi connectivity index (χ4n) is 6.04. The number of aromatic hydroxyl groups is 2. The standard InChI is InChI=1S/C32H38O12/c1-37-22-9-16(10-23(38-2)28(22)36)29-19-14-43-30(20(19)15-42-29)17-11-24(39-3)32(25(12-17)40-4)44-26(13-33)27(35)18-7-6-8-21(34)31(18)41-5/h6-12,19-20,26-27,29-30,33-36H,13-15H2,1-5H3/t19-,20-,26+,27+,29+,30+/m1/s1. The molecular formula is C32H38O12. The number of ether oxygens (including phenoxy) is 8. The number of benzene rings is 3. The number of hydrogen-bond donors (Lipinski definition) is 4. The molecule has 2 saturated heterocycles. The summed E-state index contributed by atoms with van der Waals surface area (Å²) in [6.45, 7) is 0.299. The summed E-state index contributed by atoms with van der Waals surface area (Å²) in [5.41, 5.74) is 1.83. The van der Waals surface area contributed by atoms with E-state index >= 15 is 0 Å². The normalized spacial score (nSPS) is 22.2. The van der Waals surface area contributed by atoms with Crippen molar-refractivity contribution in [2.75, 3.05) is 55.4 Å². The maximum Gasteiger partial charge on any atom is 0.204 e. The fourth-order valence-corrected chi connectivity index (χ4v) is 6.04. The molecule has 0 amide bonds. The van der Waals surface area contributed by atoms with E-state index in [0.29, 0.717) is 36.2 Å². The lowest BCUT2D eigenvalue weighted by Gasteiger charge is -2.27. The van der Waals surface area contributed by atoms with Crippen LogP contribution < -0.4 is 28.4 Å². The van der Waals surface area contributed by atoms with Crippen LogP contribution in [0.5, 0.6) is 46.0 Å². The number of aliphatic hydroxyl groups excluding tert-OH is 2. The van der Waals surface area contributed by atoms with Crippen LogP contribution in [0.2, 0.25) is 0 Å². The Labute approximate surface area is 255 Å². The molecule has 3 aromatic rings. The van der Waals surface area contributed by atoms with Crippen molar-refractivity contribution in [2.45, 2.75) is 24.4 Å². The summed E-state index contributed by atoms with van der Waals surface area (Å²) in [5, 5.41) is 41.8. The van der Waals surface area contributed by atoms with Crippen LogP contribution in [0.25, 0.3) is 0 Å². The molecule has 0 aliphatic carbocycles. The first-order chi connectivity index (χ1) is 21.3. The van der Waals surface area contributed by atoms with Crippen LogP contribution in [0.15, 0.2) is 42.5 Å². The van der Waals surface area contributed by atoms with Gasteiger partial charge in [0.15, 0.2) is 40.6 Å². The Morgan fingerprint density at radius 1 is 0.727 bits per heavy atom. The zero-order valence-corrected chi connectivity index (χ0v) is 25.2. The van der Waals surface area contributed by atoms with E-state index in [1.54, 1.807) is 36.4 Å². The predicted octanol–water partition coefficient (Wildman–Crippen LogP) is 3.69. The highest BCUT2D eigenvalue weighted by Gasteiger charge is 2.49. The van der Waals surface area contributed by atoms with E-state index in [0.717, 1.165) is 11.1 Å². The van der Waals surface area contributed by atoms with Gasteiger partial charge < -0.3 is 58.3 Å². The summed E-state index contributed by atoms with van der Waals surface area (Å²) >= 11 is 0. The average molecular weight is 615 g/mol. The second-order valence-electron chi connectivity index (χ2n) is 10.5. The lowest BCUT2D eigenvalue weighted by atomic mass is 9.84. The molecule has 0 spiro atoms. The molecule has 2 aliphatic heterocycles. The number of fused-ring (bicyclic) bond motifs is 1. The zero-order valence-electron chi connectivity index (χ0n) is 25.2. The van der Waals surface area contributed by atoms with Crippen LogP contribution >= 0.6 is 0 Å². The summed E-state index contributed by atoms with van der Waals surface area (Å²) < 4.78 is 45.9. The van der Waals surface area contributed by atoms with Gasteiger partial charge in [-0.25, -0.2) is 0 Å². The van der Waals surface area contributed by atoms with Crippen molar-refractivity contribution in [1.82, 2.24) is 0 Å². The molecule has 44 heavy (non-hydrogen) atoms. The van der Waals surface area contributed by atoms with Crippen LogP contribution in [-0.4, -0.2) is 81.9 Å². The van der Waals surface area contributed by atoms with Crippen LogP contribution in [0.3, 0.4) is 0 Å². The third-order valence-corrected chi connectivity index (χ3v) is 8.26. The Hall–Kier alpha value is -4.10. The van der Waals surface area contributed by atoms with Gasteiger partial charge in [0.2, 0.25) is 11.5 Å². The lowest BCUT2D eigenvalue weighted by Crippen LogP contribution is -2.30. The van der Waals surface area contributed by atoms with E-state index in [9.17, 15) is 20.4 Å². The molecule has 2 aliphatic rings. The van der Waals surface area contributed by atoms with Gasteiger partial charge in [0.25, 0.3) is 0 Å². The number of phenols is 2. The van der Waals surface area contributed by atoms with Gasteiger partial charge in [-0.1, -0.05) is 12.1 Å². The Bertz CT molecular complexity index is 1410. The van der Waals surface area contributed by atoms with E-state index in [4.69, 9.17) is 37.9 Å². The number of phenolic OH excluding ortho intramolecular Hbond substituents is 2.